The van der Waals surface area contributed by atoms with Gasteiger partial charge in [-0.15, -0.1) is 11.8 Å². The van der Waals surface area contributed by atoms with Crippen LogP contribution in [0.25, 0.3) is 0 Å². The van der Waals surface area contributed by atoms with E-state index >= 15 is 0 Å². The number of amides is 1. The number of aryl methyl sites for hydroxylation is 1. The summed E-state index contributed by atoms with van der Waals surface area (Å²) in [6.45, 7) is 2.01. The second-order valence-electron chi connectivity index (χ2n) is 5.37. The molecule has 0 atom stereocenters. The lowest BCUT2D eigenvalue weighted by molar-refractivity contribution is -0.113. The number of benzene rings is 2. The summed E-state index contributed by atoms with van der Waals surface area (Å²) in [6, 6.07) is 12.8. The summed E-state index contributed by atoms with van der Waals surface area (Å²) in [6.07, 6.45) is 0. The van der Waals surface area contributed by atoms with Gasteiger partial charge in [0.1, 0.15) is 0 Å². The highest BCUT2D eigenvalue weighted by molar-refractivity contribution is 7.99. The molecule has 0 unspecified atom stereocenters. The SMILES string of the molecule is COc1cc(C)c(CSCC(=O)Nc2cccc(C#N)c2)cc1OC. The first-order valence-electron chi connectivity index (χ1n) is 7.66. The third-order valence-electron chi connectivity index (χ3n) is 3.61. The van der Waals surface area contributed by atoms with Crippen LogP contribution in [0.2, 0.25) is 0 Å². The van der Waals surface area contributed by atoms with Gasteiger partial charge in [-0.2, -0.15) is 5.26 Å². The molecule has 2 aromatic carbocycles. The molecule has 25 heavy (non-hydrogen) atoms. The summed E-state index contributed by atoms with van der Waals surface area (Å²) >= 11 is 1.52. The van der Waals surface area contributed by atoms with Crippen molar-refractivity contribution < 1.29 is 14.3 Å². The fraction of sp³-hybridized carbons (Fsp3) is 0.263. The van der Waals surface area contributed by atoms with Crippen LogP contribution in [-0.2, 0) is 10.5 Å². The van der Waals surface area contributed by atoms with Crippen LogP contribution in [0, 0.1) is 18.3 Å². The van der Waals surface area contributed by atoms with E-state index in [2.05, 4.69) is 11.4 Å². The third kappa shape index (κ3) is 5.16. The number of ether oxygens (including phenoxy) is 2. The minimum absolute atomic E-state index is 0.0989. The van der Waals surface area contributed by atoms with Crippen LogP contribution in [-0.4, -0.2) is 25.9 Å². The molecule has 2 rings (SSSR count). The number of rotatable bonds is 7. The largest absolute Gasteiger partial charge is 0.493 e. The molecule has 0 aliphatic heterocycles. The molecule has 130 valence electrons. The Morgan fingerprint density at radius 2 is 1.92 bits per heavy atom. The van der Waals surface area contributed by atoms with Crippen molar-refractivity contribution in [2.75, 3.05) is 25.3 Å². The van der Waals surface area contributed by atoms with Crippen molar-refractivity contribution in [1.29, 1.82) is 5.26 Å². The van der Waals surface area contributed by atoms with Gasteiger partial charge in [-0.1, -0.05) is 6.07 Å². The van der Waals surface area contributed by atoms with Crippen molar-refractivity contribution in [3.8, 4) is 17.6 Å². The number of thioether (sulfide) groups is 1. The van der Waals surface area contributed by atoms with Crippen LogP contribution in [0.1, 0.15) is 16.7 Å². The molecule has 0 aliphatic rings. The standard InChI is InChI=1S/C19H20N2O3S/c1-13-7-17(23-2)18(24-3)9-15(13)11-25-12-19(22)21-16-6-4-5-14(8-16)10-20/h4-9H,11-12H2,1-3H3,(H,21,22). The normalized spacial score (nSPS) is 10.0. The first-order chi connectivity index (χ1) is 12.1. The number of nitrogens with zero attached hydrogens (tertiary/aromatic N) is 1. The Bertz CT molecular complexity index is 800. The van der Waals surface area contributed by atoms with E-state index in [0.717, 1.165) is 11.1 Å². The number of nitrogens with one attached hydrogen (secondary N) is 1. The summed E-state index contributed by atoms with van der Waals surface area (Å²) in [7, 11) is 3.21. The number of nitriles is 1. The van der Waals surface area contributed by atoms with E-state index in [1.807, 2.05) is 19.1 Å². The number of methoxy groups -OCH3 is 2. The number of carbonyl (C=O) groups is 1. The van der Waals surface area contributed by atoms with Crippen molar-refractivity contribution >= 4 is 23.4 Å². The lowest BCUT2D eigenvalue weighted by atomic mass is 10.1. The summed E-state index contributed by atoms with van der Waals surface area (Å²) in [5.74, 6) is 2.30. The Kier molecular flexibility index (Phi) is 6.72. The molecule has 1 amide bonds. The van der Waals surface area contributed by atoms with Gasteiger partial charge in [-0.25, -0.2) is 0 Å². The zero-order valence-corrected chi connectivity index (χ0v) is 15.3. The Labute approximate surface area is 151 Å². The Morgan fingerprint density at radius 3 is 2.60 bits per heavy atom. The average molecular weight is 356 g/mol. The maximum atomic E-state index is 12.1. The van der Waals surface area contributed by atoms with Crippen LogP contribution >= 0.6 is 11.8 Å². The molecule has 0 saturated heterocycles. The minimum Gasteiger partial charge on any atom is -0.493 e. The van der Waals surface area contributed by atoms with Crippen molar-refractivity contribution in [3.05, 3.63) is 53.1 Å². The van der Waals surface area contributed by atoms with Crippen LogP contribution in [0.5, 0.6) is 11.5 Å². The van der Waals surface area contributed by atoms with E-state index in [1.54, 1.807) is 38.5 Å². The van der Waals surface area contributed by atoms with E-state index < -0.39 is 0 Å². The molecule has 0 spiro atoms. The highest BCUT2D eigenvalue weighted by Gasteiger charge is 2.10. The lowest BCUT2D eigenvalue weighted by Crippen LogP contribution is -2.14. The predicted octanol–water partition coefficient (Wildman–Crippen LogP) is 3.76. The van der Waals surface area contributed by atoms with E-state index in [9.17, 15) is 4.79 Å². The number of hydrogen-bond donors (Lipinski definition) is 1. The topological polar surface area (TPSA) is 71.3 Å². The van der Waals surface area contributed by atoms with Gasteiger partial charge in [0, 0.05) is 11.4 Å². The number of hydrogen-bond acceptors (Lipinski definition) is 5. The number of anilines is 1. The summed E-state index contributed by atoms with van der Waals surface area (Å²) in [4.78, 5) is 12.1. The Balaban J connectivity index is 1.92. The second kappa shape index (κ2) is 9.00. The van der Waals surface area contributed by atoms with Gasteiger partial charge in [0.25, 0.3) is 0 Å². The monoisotopic (exact) mass is 356 g/mol. The maximum Gasteiger partial charge on any atom is 0.234 e. The maximum absolute atomic E-state index is 12.1. The quantitative estimate of drug-likeness (QED) is 0.818. The van der Waals surface area contributed by atoms with Gasteiger partial charge >= 0.3 is 0 Å². The molecular formula is C19H20N2O3S. The zero-order chi connectivity index (χ0) is 18.2. The van der Waals surface area contributed by atoms with E-state index in [0.29, 0.717) is 34.3 Å². The molecule has 1 N–H and O–H groups in total. The molecule has 0 aromatic heterocycles. The fourth-order valence-corrected chi connectivity index (χ4v) is 3.19. The highest BCUT2D eigenvalue weighted by atomic mass is 32.2. The number of carbonyl (C=O) groups excluding carboxylic acids is 1. The predicted molar refractivity (Wildman–Crippen MR) is 100 cm³/mol. The first kappa shape index (κ1) is 18.7. The highest BCUT2D eigenvalue weighted by Crippen LogP contribution is 2.31. The van der Waals surface area contributed by atoms with Crippen molar-refractivity contribution in [2.24, 2.45) is 0 Å². The molecule has 0 aliphatic carbocycles. The van der Waals surface area contributed by atoms with Crippen LogP contribution in [0.15, 0.2) is 36.4 Å². The van der Waals surface area contributed by atoms with Gasteiger partial charge < -0.3 is 14.8 Å². The third-order valence-corrected chi connectivity index (χ3v) is 4.59. The molecule has 2 aromatic rings. The molecule has 0 heterocycles. The fourth-order valence-electron chi connectivity index (χ4n) is 2.30. The molecular weight excluding hydrogens is 336 g/mol. The summed E-state index contributed by atoms with van der Waals surface area (Å²) < 4.78 is 10.6. The Hall–Kier alpha value is -2.65. The molecule has 0 bridgehead atoms. The first-order valence-corrected chi connectivity index (χ1v) is 8.82. The second-order valence-corrected chi connectivity index (χ2v) is 6.35. The van der Waals surface area contributed by atoms with Gasteiger partial charge in [0.05, 0.1) is 31.6 Å². The van der Waals surface area contributed by atoms with Crippen LogP contribution in [0.4, 0.5) is 5.69 Å². The summed E-state index contributed by atoms with van der Waals surface area (Å²) in [5, 5.41) is 11.7. The smallest absolute Gasteiger partial charge is 0.234 e. The molecule has 0 radical (unpaired) electrons. The van der Waals surface area contributed by atoms with Crippen molar-refractivity contribution in [3.63, 3.8) is 0 Å². The van der Waals surface area contributed by atoms with Crippen LogP contribution < -0.4 is 14.8 Å². The van der Waals surface area contributed by atoms with Gasteiger partial charge in [0.15, 0.2) is 11.5 Å². The van der Waals surface area contributed by atoms with Gasteiger partial charge in [-0.3, -0.25) is 4.79 Å². The van der Waals surface area contributed by atoms with Gasteiger partial charge in [0.2, 0.25) is 5.91 Å². The average Bonchev–Trinajstić information content (AvgIpc) is 2.62. The van der Waals surface area contributed by atoms with Gasteiger partial charge in [-0.05, 0) is 48.4 Å². The molecule has 6 heteroatoms. The molecule has 5 nitrogen and oxygen atoms in total. The van der Waals surface area contributed by atoms with E-state index in [-0.39, 0.29) is 5.91 Å². The molecule has 0 fully saturated rings. The van der Waals surface area contributed by atoms with E-state index in [1.165, 1.54) is 11.8 Å². The molecule has 0 saturated carbocycles. The van der Waals surface area contributed by atoms with E-state index in [4.69, 9.17) is 14.7 Å². The lowest BCUT2D eigenvalue weighted by Gasteiger charge is -2.12. The van der Waals surface area contributed by atoms with Crippen LogP contribution in [0.3, 0.4) is 0 Å². The van der Waals surface area contributed by atoms with Crippen molar-refractivity contribution in [2.45, 2.75) is 12.7 Å². The minimum atomic E-state index is -0.0989. The zero-order valence-electron chi connectivity index (χ0n) is 14.5. The summed E-state index contributed by atoms with van der Waals surface area (Å²) in [5.41, 5.74) is 3.34. The Morgan fingerprint density at radius 1 is 1.20 bits per heavy atom. The van der Waals surface area contributed by atoms with Crippen molar-refractivity contribution in [1.82, 2.24) is 0 Å².